The highest BCUT2D eigenvalue weighted by molar-refractivity contribution is 5.67. The summed E-state index contributed by atoms with van der Waals surface area (Å²) in [4.78, 5) is 18.7. The number of carboxylic acid groups (broad SMARTS) is 1. The Bertz CT molecular complexity index is 567. The molecule has 98 valence electrons. The standard InChI is InChI=1S/C14H15N3O2/c1-10-3-2-4-11(7-10)12-8-16-14(17-9-12)15-6-5-13(18)19/h2-4,7-9H,5-6H2,1H3,(H,18,19)(H,15,16,17). The predicted octanol–water partition coefficient (Wildman–Crippen LogP) is 2.34. The zero-order chi connectivity index (χ0) is 13.7. The fourth-order valence-corrected chi connectivity index (χ4v) is 1.67. The van der Waals surface area contributed by atoms with E-state index in [2.05, 4.69) is 21.4 Å². The summed E-state index contributed by atoms with van der Waals surface area (Å²) in [6.45, 7) is 2.35. The van der Waals surface area contributed by atoms with Gasteiger partial charge in [0.05, 0.1) is 6.42 Å². The van der Waals surface area contributed by atoms with Crippen LogP contribution in [-0.4, -0.2) is 27.6 Å². The fraction of sp³-hybridized carbons (Fsp3) is 0.214. The third-order valence-electron chi connectivity index (χ3n) is 2.63. The molecule has 0 unspecified atom stereocenters. The van der Waals surface area contributed by atoms with Crippen LogP contribution in [0.5, 0.6) is 0 Å². The lowest BCUT2D eigenvalue weighted by Crippen LogP contribution is -2.09. The maximum atomic E-state index is 10.4. The Hall–Kier alpha value is -2.43. The molecule has 2 N–H and O–H groups in total. The van der Waals surface area contributed by atoms with Gasteiger partial charge in [-0.3, -0.25) is 4.79 Å². The third-order valence-corrected chi connectivity index (χ3v) is 2.63. The van der Waals surface area contributed by atoms with E-state index in [1.807, 2.05) is 25.1 Å². The van der Waals surface area contributed by atoms with Gasteiger partial charge in [-0.25, -0.2) is 9.97 Å². The highest BCUT2D eigenvalue weighted by atomic mass is 16.4. The van der Waals surface area contributed by atoms with Gasteiger partial charge < -0.3 is 10.4 Å². The van der Waals surface area contributed by atoms with Crippen molar-refractivity contribution < 1.29 is 9.90 Å². The number of nitrogens with zero attached hydrogens (tertiary/aromatic N) is 2. The average Bonchev–Trinajstić information content (AvgIpc) is 2.39. The zero-order valence-corrected chi connectivity index (χ0v) is 10.6. The van der Waals surface area contributed by atoms with Crippen molar-refractivity contribution in [2.75, 3.05) is 11.9 Å². The Balaban J connectivity index is 2.04. The second-order valence-corrected chi connectivity index (χ2v) is 4.24. The largest absolute Gasteiger partial charge is 0.481 e. The number of aliphatic carboxylic acids is 1. The summed E-state index contributed by atoms with van der Waals surface area (Å²) in [7, 11) is 0. The number of benzene rings is 1. The number of aryl methyl sites for hydroxylation is 1. The highest BCUT2D eigenvalue weighted by Gasteiger charge is 2.01. The Kier molecular flexibility index (Phi) is 4.07. The SMILES string of the molecule is Cc1cccc(-c2cnc(NCCC(=O)O)nc2)c1. The van der Waals surface area contributed by atoms with Gasteiger partial charge in [0, 0.05) is 24.5 Å². The number of carboxylic acids is 1. The van der Waals surface area contributed by atoms with Crippen LogP contribution in [0.1, 0.15) is 12.0 Å². The van der Waals surface area contributed by atoms with E-state index in [9.17, 15) is 4.79 Å². The third kappa shape index (κ3) is 3.77. The quantitative estimate of drug-likeness (QED) is 0.859. The summed E-state index contributed by atoms with van der Waals surface area (Å²) < 4.78 is 0. The van der Waals surface area contributed by atoms with Crippen LogP contribution in [0.3, 0.4) is 0 Å². The molecule has 1 aromatic heterocycles. The van der Waals surface area contributed by atoms with Crippen LogP contribution in [0.2, 0.25) is 0 Å². The lowest BCUT2D eigenvalue weighted by molar-refractivity contribution is -0.136. The molecule has 0 spiro atoms. The van der Waals surface area contributed by atoms with E-state index in [-0.39, 0.29) is 6.42 Å². The molecule has 0 atom stereocenters. The number of anilines is 1. The van der Waals surface area contributed by atoms with Crippen LogP contribution in [0.15, 0.2) is 36.7 Å². The molecule has 19 heavy (non-hydrogen) atoms. The molecule has 0 fully saturated rings. The van der Waals surface area contributed by atoms with Gasteiger partial charge in [0.25, 0.3) is 0 Å². The maximum Gasteiger partial charge on any atom is 0.305 e. The second-order valence-electron chi connectivity index (χ2n) is 4.24. The van der Waals surface area contributed by atoms with Crippen molar-refractivity contribution >= 4 is 11.9 Å². The predicted molar refractivity (Wildman–Crippen MR) is 72.9 cm³/mol. The van der Waals surface area contributed by atoms with E-state index >= 15 is 0 Å². The lowest BCUT2D eigenvalue weighted by atomic mass is 10.1. The number of aromatic nitrogens is 2. The maximum absolute atomic E-state index is 10.4. The minimum absolute atomic E-state index is 0.0446. The topological polar surface area (TPSA) is 75.1 Å². The van der Waals surface area contributed by atoms with Gasteiger partial charge in [-0.05, 0) is 12.5 Å². The molecule has 2 rings (SSSR count). The lowest BCUT2D eigenvalue weighted by Gasteiger charge is -2.05. The minimum atomic E-state index is -0.844. The van der Waals surface area contributed by atoms with Crippen LogP contribution in [0.4, 0.5) is 5.95 Å². The molecular weight excluding hydrogens is 242 g/mol. The van der Waals surface area contributed by atoms with E-state index in [1.54, 1.807) is 12.4 Å². The molecule has 0 amide bonds. The Labute approximate surface area is 111 Å². The Morgan fingerprint density at radius 3 is 2.63 bits per heavy atom. The van der Waals surface area contributed by atoms with Gasteiger partial charge >= 0.3 is 5.97 Å². The molecule has 5 nitrogen and oxygen atoms in total. The van der Waals surface area contributed by atoms with Gasteiger partial charge in [0.1, 0.15) is 0 Å². The first kappa shape index (κ1) is 13.0. The van der Waals surface area contributed by atoms with Crippen molar-refractivity contribution in [2.45, 2.75) is 13.3 Å². The van der Waals surface area contributed by atoms with Crippen molar-refractivity contribution in [1.29, 1.82) is 0 Å². The summed E-state index contributed by atoms with van der Waals surface area (Å²) >= 11 is 0. The molecule has 0 saturated heterocycles. The van der Waals surface area contributed by atoms with E-state index in [1.165, 1.54) is 5.56 Å². The van der Waals surface area contributed by atoms with E-state index in [0.717, 1.165) is 11.1 Å². The first-order valence-corrected chi connectivity index (χ1v) is 6.00. The Morgan fingerprint density at radius 2 is 2.00 bits per heavy atom. The minimum Gasteiger partial charge on any atom is -0.481 e. The molecule has 0 aliphatic rings. The molecule has 5 heteroatoms. The molecule has 1 heterocycles. The smallest absolute Gasteiger partial charge is 0.305 e. The summed E-state index contributed by atoms with van der Waals surface area (Å²) in [6.07, 6.45) is 3.50. The number of nitrogens with one attached hydrogen (secondary N) is 1. The fourth-order valence-electron chi connectivity index (χ4n) is 1.67. The van der Waals surface area contributed by atoms with E-state index in [4.69, 9.17) is 5.11 Å². The molecule has 0 aliphatic heterocycles. The second kappa shape index (κ2) is 5.95. The van der Waals surface area contributed by atoms with E-state index < -0.39 is 5.97 Å². The summed E-state index contributed by atoms with van der Waals surface area (Å²) in [6, 6.07) is 8.09. The first-order chi connectivity index (χ1) is 9.15. The molecule has 0 radical (unpaired) electrons. The summed E-state index contributed by atoms with van der Waals surface area (Å²) in [5.41, 5.74) is 3.19. The van der Waals surface area contributed by atoms with Gasteiger partial charge in [-0.15, -0.1) is 0 Å². The summed E-state index contributed by atoms with van der Waals surface area (Å²) in [5, 5.41) is 11.4. The van der Waals surface area contributed by atoms with Crippen LogP contribution < -0.4 is 5.32 Å². The van der Waals surface area contributed by atoms with Crippen molar-refractivity contribution in [3.05, 3.63) is 42.2 Å². The molecule has 2 aromatic rings. The molecule has 0 saturated carbocycles. The molecule has 1 aromatic carbocycles. The average molecular weight is 257 g/mol. The normalized spacial score (nSPS) is 10.2. The number of rotatable bonds is 5. The van der Waals surface area contributed by atoms with Crippen LogP contribution in [0.25, 0.3) is 11.1 Å². The van der Waals surface area contributed by atoms with Crippen molar-refractivity contribution in [3.8, 4) is 11.1 Å². The first-order valence-electron chi connectivity index (χ1n) is 6.00. The van der Waals surface area contributed by atoms with Crippen LogP contribution >= 0.6 is 0 Å². The zero-order valence-electron chi connectivity index (χ0n) is 10.6. The summed E-state index contributed by atoms with van der Waals surface area (Å²) in [5.74, 6) is -0.401. The molecule has 0 aliphatic carbocycles. The molecule has 0 bridgehead atoms. The van der Waals surface area contributed by atoms with Gasteiger partial charge in [-0.2, -0.15) is 0 Å². The van der Waals surface area contributed by atoms with Gasteiger partial charge in [0.15, 0.2) is 0 Å². The van der Waals surface area contributed by atoms with Gasteiger partial charge in [-0.1, -0.05) is 29.8 Å². The van der Waals surface area contributed by atoms with Crippen molar-refractivity contribution in [3.63, 3.8) is 0 Å². The number of carbonyl (C=O) groups is 1. The van der Waals surface area contributed by atoms with Crippen molar-refractivity contribution in [1.82, 2.24) is 9.97 Å². The number of hydrogen-bond acceptors (Lipinski definition) is 4. The van der Waals surface area contributed by atoms with E-state index in [0.29, 0.717) is 12.5 Å². The Morgan fingerprint density at radius 1 is 1.26 bits per heavy atom. The number of hydrogen-bond donors (Lipinski definition) is 2. The van der Waals surface area contributed by atoms with Gasteiger partial charge in [0.2, 0.25) is 5.95 Å². The monoisotopic (exact) mass is 257 g/mol. The van der Waals surface area contributed by atoms with Crippen LogP contribution in [-0.2, 0) is 4.79 Å². The highest BCUT2D eigenvalue weighted by Crippen LogP contribution is 2.18. The van der Waals surface area contributed by atoms with Crippen LogP contribution in [0, 0.1) is 6.92 Å². The van der Waals surface area contributed by atoms with Crippen molar-refractivity contribution in [2.24, 2.45) is 0 Å². The molecular formula is C14H15N3O2.